The Kier molecular flexibility index (Phi) is 2.35. The van der Waals surface area contributed by atoms with Crippen molar-refractivity contribution in [2.45, 2.75) is 31.5 Å². The van der Waals surface area contributed by atoms with Crippen LogP contribution in [0.25, 0.3) is 0 Å². The number of benzene rings is 1. The zero-order valence-corrected chi connectivity index (χ0v) is 10.7. The Hall–Kier alpha value is -1.87. The van der Waals surface area contributed by atoms with Crippen molar-refractivity contribution >= 4 is 5.69 Å². The predicted molar refractivity (Wildman–Crippen MR) is 72.7 cm³/mol. The molecule has 3 heterocycles. The van der Waals surface area contributed by atoms with Gasteiger partial charge in [-0.2, -0.15) is 0 Å². The molecule has 2 N–H and O–H groups in total. The van der Waals surface area contributed by atoms with E-state index < -0.39 is 0 Å². The molecule has 3 heteroatoms. The summed E-state index contributed by atoms with van der Waals surface area (Å²) in [5, 5.41) is 12.9. The summed E-state index contributed by atoms with van der Waals surface area (Å²) in [5.74, 6) is 0.580. The number of rotatable bonds is 1. The van der Waals surface area contributed by atoms with E-state index in [4.69, 9.17) is 0 Å². The van der Waals surface area contributed by atoms with Crippen LogP contribution in [-0.4, -0.2) is 5.11 Å². The van der Waals surface area contributed by atoms with Crippen molar-refractivity contribution in [2.24, 2.45) is 0 Å². The van der Waals surface area contributed by atoms with Crippen LogP contribution in [0.1, 0.15) is 35.2 Å². The molecule has 0 bridgehead atoms. The minimum absolute atomic E-state index is 0.113. The Morgan fingerprint density at radius 1 is 1.21 bits per heavy atom. The highest BCUT2D eigenvalue weighted by molar-refractivity contribution is 5.60. The summed E-state index contributed by atoms with van der Waals surface area (Å²) < 4.78 is 2.28. The van der Waals surface area contributed by atoms with Crippen molar-refractivity contribution in [2.75, 3.05) is 5.32 Å². The topological polar surface area (TPSA) is 36.1 Å². The van der Waals surface area contributed by atoms with Crippen molar-refractivity contribution in [1.29, 1.82) is 0 Å². The second-order valence-corrected chi connectivity index (χ2v) is 5.42. The summed E-state index contributed by atoms with van der Waals surface area (Å²) in [7, 11) is 0. The van der Waals surface area contributed by atoms with Crippen LogP contribution >= 0.6 is 0 Å². The molecule has 2 atom stereocenters. The highest BCUT2D eigenvalue weighted by atomic mass is 16.3. The first-order valence-electron chi connectivity index (χ1n) is 6.85. The lowest BCUT2D eigenvalue weighted by atomic mass is 9.87. The number of aryl methyl sites for hydroxylation is 1. The molecule has 2 aromatic rings. The third kappa shape index (κ3) is 1.58. The fourth-order valence-electron chi connectivity index (χ4n) is 3.46. The standard InChI is InChI=1S/C16H17N2O/c19-10-11-5-6-15-16-13(7-8-18(15)9-11)12-3-1-2-4-14(12)17-16/h1-6,9,13,16-17,19H,7-8,10H2/q+1/t13-,16+/m0/s1. The Morgan fingerprint density at radius 3 is 3.00 bits per heavy atom. The van der Waals surface area contributed by atoms with E-state index in [-0.39, 0.29) is 6.61 Å². The lowest BCUT2D eigenvalue weighted by Crippen LogP contribution is -2.45. The van der Waals surface area contributed by atoms with Gasteiger partial charge < -0.3 is 10.4 Å². The molecule has 2 aliphatic heterocycles. The number of hydrogen-bond donors (Lipinski definition) is 2. The first-order valence-corrected chi connectivity index (χ1v) is 6.85. The molecule has 0 saturated heterocycles. The molecule has 4 rings (SSSR count). The van der Waals surface area contributed by atoms with Gasteiger partial charge in [0.15, 0.2) is 6.20 Å². The summed E-state index contributed by atoms with van der Waals surface area (Å²) in [6.45, 7) is 1.14. The van der Waals surface area contributed by atoms with Gasteiger partial charge in [-0.05, 0) is 17.7 Å². The Labute approximate surface area is 112 Å². The summed E-state index contributed by atoms with van der Waals surface area (Å²) in [5.41, 5.74) is 5.03. The third-order valence-electron chi connectivity index (χ3n) is 4.38. The number of nitrogens with zero attached hydrogens (tertiary/aromatic N) is 1. The van der Waals surface area contributed by atoms with Crippen LogP contribution in [-0.2, 0) is 13.2 Å². The Bertz CT molecular complexity index is 638. The fourth-order valence-corrected chi connectivity index (χ4v) is 3.46. The van der Waals surface area contributed by atoms with Gasteiger partial charge in [0.25, 0.3) is 0 Å². The average molecular weight is 253 g/mol. The summed E-state index contributed by atoms with van der Waals surface area (Å²) >= 11 is 0. The van der Waals surface area contributed by atoms with Gasteiger partial charge in [-0.1, -0.05) is 18.2 Å². The molecule has 1 aromatic carbocycles. The predicted octanol–water partition coefficient (Wildman–Crippen LogP) is 2.12. The van der Waals surface area contributed by atoms with E-state index in [9.17, 15) is 5.11 Å². The van der Waals surface area contributed by atoms with Crippen LogP contribution in [0.3, 0.4) is 0 Å². The minimum atomic E-state index is 0.113. The largest absolute Gasteiger partial charge is 0.391 e. The molecule has 3 nitrogen and oxygen atoms in total. The van der Waals surface area contributed by atoms with Gasteiger partial charge in [0.1, 0.15) is 12.6 Å². The van der Waals surface area contributed by atoms with E-state index >= 15 is 0 Å². The Balaban J connectivity index is 1.78. The van der Waals surface area contributed by atoms with Crippen LogP contribution in [0.15, 0.2) is 42.6 Å². The number of aromatic nitrogens is 1. The number of aliphatic hydroxyl groups is 1. The second kappa shape index (κ2) is 4.07. The van der Waals surface area contributed by atoms with E-state index in [0.29, 0.717) is 12.0 Å². The average Bonchev–Trinajstić information content (AvgIpc) is 2.85. The molecule has 0 fully saturated rings. The maximum Gasteiger partial charge on any atom is 0.204 e. The first-order chi connectivity index (χ1) is 9.36. The van der Waals surface area contributed by atoms with Crippen molar-refractivity contribution in [1.82, 2.24) is 0 Å². The van der Waals surface area contributed by atoms with E-state index in [2.05, 4.69) is 46.4 Å². The summed E-state index contributed by atoms with van der Waals surface area (Å²) in [6, 6.07) is 13.2. The van der Waals surface area contributed by atoms with Crippen LogP contribution in [0.4, 0.5) is 5.69 Å². The Morgan fingerprint density at radius 2 is 2.11 bits per heavy atom. The number of fused-ring (bicyclic) bond motifs is 5. The van der Waals surface area contributed by atoms with Gasteiger partial charge in [0.2, 0.25) is 5.69 Å². The monoisotopic (exact) mass is 253 g/mol. The lowest BCUT2D eigenvalue weighted by molar-refractivity contribution is -0.711. The summed E-state index contributed by atoms with van der Waals surface area (Å²) in [6.07, 6.45) is 3.23. The van der Waals surface area contributed by atoms with Gasteiger partial charge in [-0.15, -0.1) is 0 Å². The van der Waals surface area contributed by atoms with E-state index in [1.165, 1.54) is 16.9 Å². The highest BCUT2D eigenvalue weighted by Gasteiger charge is 2.41. The van der Waals surface area contributed by atoms with Crippen LogP contribution in [0.2, 0.25) is 0 Å². The van der Waals surface area contributed by atoms with Crippen molar-refractivity contribution in [3.63, 3.8) is 0 Å². The van der Waals surface area contributed by atoms with Crippen molar-refractivity contribution < 1.29 is 9.67 Å². The van der Waals surface area contributed by atoms with Crippen molar-refractivity contribution in [3.8, 4) is 0 Å². The van der Waals surface area contributed by atoms with E-state index in [0.717, 1.165) is 18.5 Å². The molecule has 0 radical (unpaired) electrons. The quantitative estimate of drug-likeness (QED) is 0.764. The van der Waals surface area contributed by atoms with Crippen molar-refractivity contribution in [3.05, 3.63) is 59.4 Å². The molecule has 1 aromatic heterocycles. The number of pyridine rings is 1. The molecular formula is C16H17N2O+. The van der Waals surface area contributed by atoms with Gasteiger partial charge in [0.05, 0.1) is 6.61 Å². The van der Waals surface area contributed by atoms with E-state index in [1.54, 1.807) is 0 Å². The molecule has 0 amide bonds. The number of anilines is 1. The fraction of sp³-hybridized carbons (Fsp3) is 0.312. The minimum Gasteiger partial charge on any atom is -0.391 e. The number of para-hydroxylation sites is 1. The third-order valence-corrected chi connectivity index (χ3v) is 4.38. The van der Waals surface area contributed by atoms with E-state index in [1.807, 2.05) is 6.07 Å². The molecular weight excluding hydrogens is 236 g/mol. The maximum atomic E-state index is 9.24. The summed E-state index contributed by atoms with van der Waals surface area (Å²) in [4.78, 5) is 0. The van der Waals surface area contributed by atoms with Gasteiger partial charge in [-0.25, -0.2) is 4.57 Å². The smallest absolute Gasteiger partial charge is 0.204 e. The van der Waals surface area contributed by atoms with Gasteiger partial charge >= 0.3 is 0 Å². The normalized spacial score (nSPS) is 23.2. The van der Waals surface area contributed by atoms with Gasteiger partial charge in [0, 0.05) is 29.7 Å². The molecule has 0 spiro atoms. The molecule has 19 heavy (non-hydrogen) atoms. The number of hydrogen-bond acceptors (Lipinski definition) is 2. The molecule has 0 unspecified atom stereocenters. The maximum absolute atomic E-state index is 9.24. The molecule has 0 aliphatic carbocycles. The SMILES string of the molecule is OCc1ccc2[n+](c1)CC[C@H]1c3ccccc3N[C@@H]21. The highest BCUT2D eigenvalue weighted by Crippen LogP contribution is 2.46. The van der Waals surface area contributed by atoms with Crippen LogP contribution in [0, 0.1) is 0 Å². The second-order valence-electron chi connectivity index (χ2n) is 5.42. The molecule has 0 saturated carbocycles. The van der Waals surface area contributed by atoms with Gasteiger partial charge in [-0.3, -0.25) is 0 Å². The zero-order valence-electron chi connectivity index (χ0n) is 10.7. The first kappa shape index (κ1) is 11.0. The molecule has 96 valence electrons. The zero-order chi connectivity index (χ0) is 12.8. The molecule has 2 aliphatic rings. The number of aliphatic hydroxyl groups excluding tert-OH is 1. The van der Waals surface area contributed by atoms with Crippen LogP contribution in [0.5, 0.6) is 0 Å². The lowest BCUT2D eigenvalue weighted by Gasteiger charge is -2.23. The van der Waals surface area contributed by atoms with Crippen LogP contribution < -0.4 is 9.88 Å². The number of nitrogens with one attached hydrogen (secondary N) is 1.